The Labute approximate surface area is 356 Å². The predicted octanol–water partition coefficient (Wildman–Crippen LogP) is 11.4. The van der Waals surface area contributed by atoms with Gasteiger partial charge in [-0.15, -0.1) is 0 Å². The van der Waals surface area contributed by atoms with E-state index in [1.807, 2.05) is 82.3 Å². The predicted molar refractivity (Wildman–Crippen MR) is 233 cm³/mol. The molecule has 294 valence electrons. The van der Waals surface area contributed by atoms with Crippen LogP contribution < -0.4 is 14.2 Å². The number of nitrogens with zero attached hydrogens (tertiary/aromatic N) is 9. The number of hydrogen-bond acceptors (Lipinski definition) is 6. The molecule has 58 heavy (non-hydrogen) atoms. The fraction of sp³-hybridized carbons (Fsp3) is 0.318. The van der Waals surface area contributed by atoms with Crippen LogP contribution in [0.4, 0.5) is 17.1 Å². The van der Waals surface area contributed by atoms with E-state index in [0.717, 1.165) is 87.0 Å². The van der Waals surface area contributed by atoms with Crippen LogP contribution in [-0.4, -0.2) is 47.7 Å². The second-order valence-corrected chi connectivity index (χ2v) is 16.1. The summed E-state index contributed by atoms with van der Waals surface area (Å²) in [5, 5.41) is 13.1. The molecule has 3 aromatic carbocycles. The fourth-order valence-corrected chi connectivity index (χ4v) is 7.31. The summed E-state index contributed by atoms with van der Waals surface area (Å²) < 4.78 is 23.9. The van der Waals surface area contributed by atoms with Crippen molar-refractivity contribution in [1.29, 1.82) is 0 Å². The molecule has 0 aliphatic heterocycles. The zero-order valence-corrected chi connectivity index (χ0v) is 35.7. The topological polar surface area (TPSA) is 94.2 Å². The first-order valence-electron chi connectivity index (χ1n) is 18.9. The largest absolute Gasteiger partial charge is 0.501 e. The van der Waals surface area contributed by atoms with Crippen molar-refractivity contribution in [3.63, 3.8) is 0 Å². The van der Waals surface area contributed by atoms with Gasteiger partial charge in [0.15, 0.2) is 0 Å². The molecular weight excluding hydrogens is 865 g/mol. The second-order valence-electron chi connectivity index (χ2n) is 14.6. The van der Waals surface area contributed by atoms with E-state index in [1.54, 1.807) is 33.9 Å². The van der Waals surface area contributed by atoms with Gasteiger partial charge in [-0.2, -0.15) is 15.3 Å². The highest BCUT2D eigenvalue weighted by atomic mass is 127. The van der Waals surface area contributed by atoms with Gasteiger partial charge < -0.3 is 14.2 Å². The summed E-state index contributed by atoms with van der Waals surface area (Å²) >= 11 is 8.39. The molecule has 0 saturated heterocycles. The molecule has 0 atom stereocenters. The van der Waals surface area contributed by atoms with Crippen molar-refractivity contribution in [2.24, 2.45) is 21.1 Å². The minimum absolute atomic E-state index is 0.235. The number of ether oxygens (including phenoxy) is 3. The molecule has 14 heteroatoms. The molecule has 3 aromatic heterocycles. The lowest BCUT2D eigenvalue weighted by Crippen LogP contribution is -1.99. The minimum Gasteiger partial charge on any atom is -0.501 e. The van der Waals surface area contributed by atoms with Crippen molar-refractivity contribution in [2.75, 3.05) is 0 Å². The SMILES string of the molecule is [C-]#[N+]c1c(OC2CC2)cc(C)cc1-c1c(I)cnn1C.[C-]#[N+]c1c(OC2CC2)cc(C)cc1-c1ccnn1C.[C-]#[N+]c1c(OC2CC2)cc(Cl)cc1-c1ccnn1C. The molecule has 0 spiro atoms. The van der Waals surface area contributed by atoms with Crippen LogP contribution in [0.25, 0.3) is 48.3 Å². The lowest BCUT2D eigenvalue weighted by atomic mass is 10.1. The first kappa shape index (κ1) is 40.4. The molecule has 0 amide bonds. The highest BCUT2D eigenvalue weighted by Crippen LogP contribution is 2.45. The van der Waals surface area contributed by atoms with Crippen molar-refractivity contribution in [2.45, 2.75) is 70.7 Å². The van der Waals surface area contributed by atoms with Gasteiger partial charge >= 0.3 is 0 Å². The Morgan fingerprint density at radius 1 is 0.603 bits per heavy atom. The first-order chi connectivity index (χ1) is 28.0. The van der Waals surface area contributed by atoms with Gasteiger partial charge in [-0.1, -0.05) is 23.7 Å². The Kier molecular flexibility index (Phi) is 12.1. The maximum absolute atomic E-state index is 7.52. The summed E-state index contributed by atoms with van der Waals surface area (Å²) in [4.78, 5) is 11.0. The molecule has 3 heterocycles. The van der Waals surface area contributed by atoms with Crippen molar-refractivity contribution < 1.29 is 14.2 Å². The molecule has 0 unspecified atom stereocenters. The van der Waals surface area contributed by atoms with E-state index in [1.165, 1.54) is 0 Å². The standard InChI is InChI=1S/C15H14IN3O.C15H15N3O.C14H12ClN3O/c1-9-6-11(15-12(16)8-18-19(15)3)14(17-2)13(7-9)20-10-4-5-10;1-10-8-12(13-6-7-17-18(13)3)15(16-2)14(9-10)19-11-4-5-11;1-16-14-11(12-5-6-17-18(12)2)7-9(15)8-13(14)19-10-3-4-10/h6-8,10H,4-5H2,1,3H3;6-9,11H,4-5H2,1,3H3;5-8,10H,3-4H2,2H3. The molecule has 0 radical (unpaired) electrons. The van der Waals surface area contributed by atoms with E-state index in [-0.39, 0.29) is 12.2 Å². The number of benzene rings is 3. The van der Waals surface area contributed by atoms with Crippen LogP contribution in [0.2, 0.25) is 5.02 Å². The number of halogens is 2. The summed E-state index contributed by atoms with van der Waals surface area (Å²) in [5.74, 6) is 1.98. The molecule has 3 aliphatic rings. The molecule has 0 N–H and O–H groups in total. The smallest absolute Gasteiger partial charge is 0.237 e. The van der Waals surface area contributed by atoms with Crippen molar-refractivity contribution in [3.05, 3.63) is 121 Å². The number of aromatic nitrogens is 6. The Bertz CT molecular complexity index is 2480. The van der Waals surface area contributed by atoms with E-state index in [0.29, 0.717) is 45.4 Å². The maximum atomic E-state index is 7.52. The van der Waals surface area contributed by atoms with E-state index < -0.39 is 0 Å². The summed E-state index contributed by atoms with van der Waals surface area (Å²) in [7, 11) is 5.62. The molecule has 3 saturated carbocycles. The zero-order chi connectivity index (χ0) is 41.1. The fourth-order valence-electron chi connectivity index (χ4n) is 6.34. The highest BCUT2D eigenvalue weighted by molar-refractivity contribution is 14.1. The van der Waals surface area contributed by atoms with E-state index in [9.17, 15) is 0 Å². The molecule has 12 nitrogen and oxygen atoms in total. The number of hydrogen-bond donors (Lipinski definition) is 0. The van der Waals surface area contributed by atoms with Gasteiger partial charge in [-0.25, -0.2) is 14.5 Å². The Morgan fingerprint density at radius 3 is 1.40 bits per heavy atom. The molecule has 3 fully saturated rings. The quantitative estimate of drug-likeness (QED) is 0.106. The van der Waals surface area contributed by atoms with Crippen molar-refractivity contribution in [3.8, 4) is 51.0 Å². The molecule has 6 aromatic rings. The third kappa shape index (κ3) is 9.31. The normalized spacial score (nSPS) is 14.1. The van der Waals surface area contributed by atoms with Gasteiger partial charge in [0.25, 0.3) is 0 Å². The van der Waals surface area contributed by atoms with E-state index in [2.05, 4.69) is 52.4 Å². The van der Waals surface area contributed by atoms with Crippen LogP contribution in [0.5, 0.6) is 17.2 Å². The summed E-state index contributed by atoms with van der Waals surface area (Å²) in [6.07, 6.45) is 12.5. The van der Waals surface area contributed by atoms with E-state index in [4.69, 9.17) is 45.5 Å². The summed E-state index contributed by atoms with van der Waals surface area (Å²) in [6, 6.07) is 15.2. The molecule has 0 bridgehead atoms. The van der Waals surface area contributed by atoms with Crippen LogP contribution in [0.3, 0.4) is 0 Å². The Balaban J connectivity index is 0.000000132. The van der Waals surface area contributed by atoms with Crippen molar-refractivity contribution >= 4 is 51.3 Å². The molecule has 9 rings (SSSR count). The second kappa shape index (κ2) is 17.4. The lowest BCUT2D eigenvalue weighted by molar-refractivity contribution is 0.305. The Morgan fingerprint density at radius 2 is 1.02 bits per heavy atom. The van der Waals surface area contributed by atoms with Crippen LogP contribution in [0, 0.1) is 37.1 Å². The first-order valence-corrected chi connectivity index (χ1v) is 20.3. The summed E-state index contributed by atoms with van der Waals surface area (Å²) in [5.41, 5.74) is 9.19. The van der Waals surface area contributed by atoms with Gasteiger partial charge in [0.1, 0.15) is 17.2 Å². The number of rotatable bonds is 9. The van der Waals surface area contributed by atoms with Crippen LogP contribution in [0.15, 0.2) is 67.1 Å². The van der Waals surface area contributed by atoms with E-state index >= 15 is 0 Å². The van der Waals surface area contributed by atoms with Crippen LogP contribution >= 0.6 is 34.2 Å². The molecular formula is C44H41ClIN9O3. The van der Waals surface area contributed by atoms with Gasteiger partial charge in [0.05, 0.1) is 64.9 Å². The van der Waals surface area contributed by atoms with Gasteiger partial charge in [0.2, 0.25) is 17.1 Å². The average molecular weight is 906 g/mol. The minimum atomic E-state index is 0.235. The Hall–Kier alpha value is -5.82. The molecule has 3 aliphatic carbocycles. The number of aryl methyl sites for hydroxylation is 5. The van der Waals surface area contributed by atoms with Crippen LogP contribution in [0.1, 0.15) is 49.7 Å². The highest BCUT2D eigenvalue weighted by Gasteiger charge is 2.28. The summed E-state index contributed by atoms with van der Waals surface area (Å²) in [6.45, 7) is 26.4. The third-order valence-electron chi connectivity index (χ3n) is 9.61. The zero-order valence-electron chi connectivity index (χ0n) is 32.8. The average Bonchev–Trinajstić information content (AvgIpc) is 4.15. The maximum Gasteiger partial charge on any atom is 0.237 e. The van der Waals surface area contributed by atoms with Gasteiger partial charge in [0, 0.05) is 55.2 Å². The van der Waals surface area contributed by atoms with Crippen LogP contribution in [-0.2, 0) is 21.1 Å². The van der Waals surface area contributed by atoms with Gasteiger partial charge in [-0.3, -0.25) is 14.0 Å². The van der Waals surface area contributed by atoms with Gasteiger partial charge in [-0.05, 0) is 122 Å². The van der Waals surface area contributed by atoms with Crippen molar-refractivity contribution in [1.82, 2.24) is 29.3 Å². The lowest BCUT2D eigenvalue weighted by Gasteiger charge is -2.13. The third-order valence-corrected chi connectivity index (χ3v) is 10.6. The monoisotopic (exact) mass is 905 g/mol.